The highest BCUT2D eigenvalue weighted by Gasteiger charge is 2.05. The molecule has 0 aliphatic carbocycles. The molecule has 0 spiro atoms. The van der Waals surface area contributed by atoms with Crippen molar-refractivity contribution in [2.24, 2.45) is 5.10 Å². The SMILES string of the molecule is COc1ccc2cc(/C(C)=N/NC(=O)COc3ccc(F)cc3)ccc2c1. The number of hydrogen-bond acceptors (Lipinski definition) is 4. The molecule has 0 saturated heterocycles. The smallest absolute Gasteiger partial charge is 0.277 e. The van der Waals surface area contributed by atoms with Crippen molar-refractivity contribution >= 4 is 22.4 Å². The average Bonchev–Trinajstić information content (AvgIpc) is 2.70. The van der Waals surface area contributed by atoms with Crippen molar-refractivity contribution in [3.05, 3.63) is 72.0 Å². The molecule has 5 nitrogen and oxygen atoms in total. The highest BCUT2D eigenvalue weighted by Crippen LogP contribution is 2.22. The summed E-state index contributed by atoms with van der Waals surface area (Å²) in [5, 5.41) is 6.22. The molecule has 3 aromatic rings. The fraction of sp³-hybridized carbons (Fsp3) is 0.143. The molecule has 0 fully saturated rings. The van der Waals surface area contributed by atoms with E-state index in [9.17, 15) is 9.18 Å². The Morgan fingerprint density at radius 2 is 1.67 bits per heavy atom. The van der Waals surface area contributed by atoms with Gasteiger partial charge in [-0.1, -0.05) is 18.2 Å². The first-order valence-corrected chi connectivity index (χ1v) is 8.35. The van der Waals surface area contributed by atoms with Crippen molar-refractivity contribution < 1.29 is 18.7 Å². The van der Waals surface area contributed by atoms with Crippen LogP contribution in [-0.4, -0.2) is 25.3 Å². The monoisotopic (exact) mass is 366 g/mol. The highest BCUT2D eigenvalue weighted by molar-refractivity contribution is 6.02. The van der Waals surface area contributed by atoms with Gasteiger partial charge in [-0.15, -0.1) is 0 Å². The van der Waals surface area contributed by atoms with Gasteiger partial charge in [-0.05, 0) is 65.7 Å². The van der Waals surface area contributed by atoms with Gasteiger partial charge in [0.1, 0.15) is 17.3 Å². The van der Waals surface area contributed by atoms with E-state index in [0.29, 0.717) is 11.5 Å². The Morgan fingerprint density at radius 3 is 2.41 bits per heavy atom. The van der Waals surface area contributed by atoms with Gasteiger partial charge in [0.05, 0.1) is 12.8 Å². The number of rotatable bonds is 6. The number of nitrogens with zero attached hydrogens (tertiary/aromatic N) is 1. The zero-order chi connectivity index (χ0) is 19.2. The quantitative estimate of drug-likeness (QED) is 0.532. The standard InChI is InChI=1S/C21H19FN2O3/c1-14(15-3-4-17-12-20(26-2)8-5-16(17)11-15)23-24-21(25)13-27-19-9-6-18(22)7-10-19/h3-12H,13H2,1-2H3,(H,24,25)/b23-14+. The van der Waals surface area contributed by atoms with Crippen LogP contribution in [0.4, 0.5) is 4.39 Å². The van der Waals surface area contributed by atoms with Crippen molar-refractivity contribution in [3.63, 3.8) is 0 Å². The number of amides is 1. The minimum atomic E-state index is -0.399. The van der Waals surface area contributed by atoms with Gasteiger partial charge in [0, 0.05) is 0 Å². The number of hydrazone groups is 1. The zero-order valence-electron chi connectivity index (χ0n) is 15.0. The maximum absolute atomic E-state index is 12.8. The van der Waals surface area contributed by atoms with Crippen LogP contribution >= 0.6 is 0 Å². The van der Waals surface area contributed by atoms with Crippen LogP contribution < -0.4 is 14.9 Å². The van der Waals surface area contributed by atoms with E-state index in [1.807, 2.05) is 43.3 Å². The van der Waals surface area contributed by atoms with E-state index in [-0.39, 0.29) is 12.4 Å². The fourth-order valence-electron chi connectivity index (χ4n) is 2.50. The summed E-state index contributed by atoms with van der Waals surface area (Å²) in [6.07, 6.45) is 0. The molecule has 1 amide bonds. The molecule has 3 aromatic carbocycles. The lowest BCUT2D eigenvalue weighted by Crippen LogP contribution is -2.25. The molecule has 0 aromatic heterocycles. The largest absolute Gasteiger partial charge is 0.497 e. The highest BCUT2D eigenvalue weighted by atomic mass is 19.1. The van der Waals surface area contributed by atoms with E-state index in [1.165, 1.54) is 24.3 Å². The number of carbonyl (C=O) groups excluding carboxylic acids is 1. The van der Waals surface area contributed by atoms with E-state index >= 15 is 0 Å². The topological polar surface area (TPSA) is 59.9 Å². The summed E-state index contributed by atoms with van der Waals surface area (Å²) in [7, 11) is 1.63. The van der Waals surface area contributed by atoms with Gasteiger partial charge in [0.15, 0.2) is 6.61 Å². The van der Waals surface area contributed by atoms with Crippen LogP contribution in [-0.2, 0) is 4.79 Å². The van der Waals surface area contributed by atoms with E-state index < -0.39 is 5.91 Å². The Bertz CT molecular complexity index is 984. The van der Waals surface area contributed by atoms with Crippen molar-refractivity contribution in [1.82, 2.24) is 5.43 Å². The number of methoxy groups -OCH3 is 1. The summed E-state index contributed by atoms with van der Waals surface area (Å²) in [5.41, 5.74) is 4.02. The van der Waals surface area contributed by atoms with Crippen molar-refractivity contribution in [1.29, 1.82) is 0 Å². The summed E-state index contributed by atoms with van der Waals surface area (Å²) >= 11 is 0. The number of fused-ring (bicyclic) bond motifs is 1. The number of benzene rings is 3. The first-order chi connectivity index (χ1) is 13.0. The predicted octanol–water partition coefficient (Wildman–Crippen LogP) is 3.91. The van der Waals surface area contributed by atoms with E-state index in [0.717, 1.165) is 22.1 Å². The van der Waals surface area contributed by atoms with E-state index in [1.54, 1.807) is 7.11 Å². The summed E-state index contributed by atoms with van der Waals surface area (Å²) in [6, 6.07) is 17.2. The molecule has 0 radical (unpaired) electrons. The second kappa shape index (κ2) is 8.31. The summed E-state index contributed by atoms with van der Waals surface area (Å²) in [6.45, 7) is 1.60. The zero-order valence-corrected chi connectivity index (χ0v) is 15.0. The van der Waals surface area contributed by atoms with Crippen molar-refractivity contribution in [2.45, 2.75) is 6.92 Å². The normalized spacial score (nSPS) is 11.3. The summed E-state index contributed by atoms with van der Waals surface area (Å²) in [5.74, 6) is 0.455. The second-order valence-corrected chi connectivity index (χ2v) is 5.90. The number of hydrogen-bond donors (Lipinski definition) is 1. The molecule has 6 heteroatoms. The number of carbonyl (C=O) groups is 1. The van der Waals surface area contributed by atoms with Gasteiger partial charge in [-0.2, -0.15) is 5.10 Å². The summed E-state index contributed by atoms with van der Waals surface area (Å²) in [4.78, 5) is 11.9. The Kier molecular flexibility index (Phi) is 5.66. The average molecular weight is 366 g/mol. The molecule has 0 atom stereocenters. The summed E-state index contributed by atoms with van der Waals surface area (Å²) < 4.78 is 23.3. The Balaban J connectivity index is 1.61. The van der Waals surface area contributed by atoms with Crippen LogP contribution in [0.1, 0.15) is 12.5 Å². The fourth-order valence-corrected chi connectivity index (χ4v) is 2.50. The van der Waals surface area contributed by atoms with Crippen molar-refractivity contribution in [3.8, 4) is 11.5 Å². The Hall–Kier alpha value is -3.41. The molecule has 0 aliphatic rings. The van der Waals surface area contributed by atoms with Gasteiger partial charge < -0.3 is 9.47 Å². The van der Waals surface area contributed by atoms with Gasteiger partial charge in [0.2, 0.25) is 0 Å². The molecular formula is C21H19FN2O3. The maximum atomic E-state index is 12.8. The molecule has 138 valence electrons. The lowest BCUT2D eigenvalue weighted by Gasteiger charge is -2.07. The maximum Gasteiger partial charge on any atom is 0.277 e. The number of halogens is 1. The van der Waals surface area contributed by atoms with Crippen LogP contribution in [0.5, 0.6) is 11.5 Å². The lowest BCUT2D eigenvalue weighted by atomic mass is 10.0. The molecule has 3 rings (SSSR count). The first-order valence-electron chi connectivity index (χ1n) is 8.35. The molecule has 1 N–H and O–H groups in total. The predicted molar refractivity (Wildman–Crippen MR) is 103 cm³/mol. The molecule has 27 heavy (non-hydrogen) atoms. The molecule has 0 saturated carbocycles. The van der Waals surface area contributed by atoms with E-state index in [4.69, 9.17) is 9.47 Å². The van der Waals surface area contributed by atoms with Gasteiger partial charge >= 0.3 is 0 Å². The third-order valence-electron chi connectivity index (χ3n) is 4.00. The van der Waals surface area contributed by atoms with Gasteiger partial charge in [-0.25, -0.2) is 9.82 Å². The lowest BCUT2D eigenvalue weighted by molar-refractivity contribution is -0.123. The Labute approximate surface area is 156 Å². The van der Waals surface area contributed by atoms with Gasteiger partial charge in [0.25, 0.3) is 5.91 Å². The molecular weight excluding hydrogens is 347 g/mol. The van der Waals surface area contributed by atoms with Crippen LogP contribution in [0.25, 0.3) is 10.8 Å². The van der Waals surface area contributed by atoms with Crippen LogP contribution in [0.2, 0.25) is 0 Å². The second-order valence-electron chi connectivity index (χ2n) is 5.90. The third kappa shape index (κ3) is 4.82. The number of ether oxygens (including phenoxy) is 2. The van der Waals surface area contributed by atoms with Crippen LogP contribution in [0.3, 0.4) is 0 Å². The third-order valence-corrected chi connectivity index (χ3v) is 4.00. The van der Waals surface area contributed by atoms with Crippen LogP contribution in [0, 0.1) is 5.82 Å². The molecule has 0 aliphatic heterocycles. The molecule has 0 unspecified atom stereocenters. The molecule has 0 bridgehead atoms. The van der Waals surface area contributed by atoms with Gasteiger partial charge in [-0.3, -0.25) is 4.79 Å². The number of nitrogens with one attached hydrogen (secondary N) is 1. The van der Waals surface area contributed by atoms with E-state index in [2.05, 4.69) is 10.5 Å². The Morgan fingerprint density at radius 1 is 1.00 bits per heavy atom. The minimum Gasteiger partial charge on any atom is -0.497 e. The van der Waals surface area contributed by atoms with Crippen molar-refractivity contribution in [2.75, 3.05) is 13.7 Å². The van der Waals surface area contributed by atoms with Crippen LogP contribution in [0.15, 0.2) is 65.8 Å². The first kappa shape index (κ1) is 18.4. The minimum absolute atomic E-state index is 0.208. The molecule has 0 heterocycles.